The lowest BCUT2D eigenvalue weighted by Crippen LogP contribution is -2.58. The number of aromatic nitrogens is 1. The minimum absolute atomic E-state index is 0. The van der Waals surface area contributed by atoms with E-state index < -0.39 is 0 Å². The van der Waals surface area contributed by atoms with Crippen LogP contribution >= 0.6 is 28.3 Å². The summed E-state index contributed by atoms with van der Waals surface area (Å²) in [6.07, 6.45) is 1.65. The third-order valence-corrected chi connectivity index (χ3v) is 3.27. The summed E-state index contributed by atoms with van der Waals surface area (Å²) < 4.78 is 0.884. The average molecular weight is 335 g/mol. The standard InChI is InChI=1S/C12H16BrN3O.ClH/c1-12(2)8-16(6-5-15-12)11(17)10-4-3-9(13)7-14-10;/h3-4,7,15H,5-6,8H2,1-2H3;1H. The molecule has 0 aromatic carbocycles. The maximum Gasteiger partial charge on any atom is 0.272 e. The van der Waals surface area contributed by atoms with E-state index in [1.54, 1.807) is 12.3 Å². The van der Waals surface area contributed by atoms with Crippen molar-refractivity contribution < 1.29 is 4.79 Å². The zero-order chi connectivity index (χ0) is 12.5. The van der Waals surface area contributed by atoms with Gasteiger partial charge in [0.25, 0.3) is 5.91 Å². The Morgan fingerprint density at radius 1 is 1.50 bits per heavy atom. The average Bonchev–Trinajstić information content (AvgIpc) is 2.28. The molecule has 1 aromatic heterocycles. The molecule has 1 aliphatic heterocycles. The molecule has 0 atom stereocenters. The predicted octanol–water partition coefficient (Wildman–Crippen LogP) is 2.09. The van der Waals surface area contributed by atoms with Crippen molar-refractivity contribution in [3.8, 4) is 0 Å². The normalized spacial score (nSPS) is 18.1. The van der Waals surface area contributed by atoms with Crippen LogP contribution in [-0.2, 0) is 0 Å². The van der Waals surface area contributed by atoms with Gasteiger partial charge < -0.3 is 10.2 Å². The van der Waals surface area contributed by atoms with E-state index in [-0.39, 0.29) is 23.9 Å². The molecule has 0 spiro atoms. The first kappa shape index (κ1) is 15.4. The number of nitrogens with one attached hydrogen (secondary N) is 1. The van der Waals surface area contributed by atoms with Crippen LogP contribution in [0.2, 0.25) is 0 Å². The quantitative estimate of drug-likeness (QED) is 0.855. The molecule has 18 heavy (non-hydrogen) atoms. The number of carbonyl (C=O) groups excluding carboxylic acids is 1. The van der Waals surface area contributed by atoms with Crippen LogP contribution in [0.15, 0.2) is 22.8 Å². The van der Waals surface area contributed by atoms with Crippen molar-refractivity contribution in [2.45, 2.75) is 19.4 Å². The van der Waals surface area contributed by atoms with Gasteiger partial charge >= 0.3 is 0 Å². The molecule has 1 fully saturated rings. The summed E-state index contributed by atoms with van der Waals surface area (Å²) in [5, 5.41) is 3.38. The molecule has 100 valence electrons. The minimum atomic E-state index is -0.0245. The van der Waals surface area contributed by atoms with Crippen molar-refractivity contribution in [1.82, 2.24) is 15.2 Å². The molecule has 2 rings (SSSR count). The molecule has 1 aliphatic rings. The Balaban J connectivity index is 0.00000162. The summed E-state index contributed by atoms with van der Waals surface area (Å²) in [4.78, 5) is 18.2. The Bertz CT molecular complexity index is 422. The van der Waals surface area contributed by atoms with E-state index in [2.05, 4.69) is 40.1 Å². The Hall–Kier alpha value is -0.650. The lowest BCUT2D eigenvalue weighted by atomic mass is 10.0. The second-order valence-electron chi connectivity index (χ2n) is 4.90. The van der Waals surface area contributed by atoms with Crippen LogP contribution in [0.25, 0.3) is 0 Å². The molecule has 1 N–H and O–H groups in total. The molecule has 1 aromatic rings. The van der Waals surface area contributed by atoms with Gasteiger partial charge in [0.15, 0.2) is 0 Å². The van der Waals surface area contributed by atoms with Gasteiger partial charge in [-0.25, -0.2) is 4.98 Å². The highest BCUT2D eigenvalue weighted by atomic mass is 79.9. The van der Waals surface area contributed by atoms with E-state index in [0.717, 1.165) is 17.6 Å². The van der Waals surface area contributed by atoms with E-state index in [4.69, 9.17) is 0 Å². The maximum atomic E-state index is 12.2. The predicted molar refractivity (Wildman–Crippen MR) is 77.2 cm³/mol. The summed E-state index contributed by atoms with van der Waals surface area (Å²) >= 11 is 3.31. The van der Waals surface area contributed by atoms with Crippen LogP contribution in [0.5, 0.6) is 0 Å². The highest BCUT2D eigenvalue weighted by Crippen LogP contribution is 2.14. The Morgan fingerprint density at radius 3 is 2.78 bits per heavy atom. The fraction of sp³-hybridized carbons (Fsp3) is 0.500. The van der Waals surface area contributed by atoms with Gasteiger partial charge in [-0.3, -0.25) is 4.79 Å². The fourth-order valence-electron chi connectivity index (χ4n) is 1.98. The Kier molecular flexibility index (Phi) is 5.13. The number of hydrogen-bond acceptors (Lipinski definition) is 3. The van der Waals surface area contributed by atoms with Crippen LogP contribution in [0, 0.1) is 0 Å². The third-order valence-electron chi connectivity index (χ3n) is 2.81. The molecule has 1 saturated heterocycles. The molecular weight excluding hydrogens is 318 g/mol. The zero-order valence-electron chi connectivity index (χ0n) is 10.4. The van der Waals surface area contributed by atoms with E-state index in [1.807, 2.05) is 11.0 Å². The molecule has 0 radical (unpaired) electrons. The first-order valence-corrected chi connectivity index (χ1v) is 6.43. The summed E-state index contributed by atoms with van der Waals surface area (Å²) in [7, 11) is 0. The molecular formula is C12H17BrClN3O. The third kappa shape index (κ3) is 3.67. The van der Waals surface area contributed by atoms with Crippen LogP contribution in [0.1, 0.15) is 24.3 Å². The Morgan fingerprint density at radius 2 is 2.22 bits per heavy atom. The number of hydrogen-bond donors (Lipinski definition) is 1. The fourth-order valence-corrected chi connectivity index (χ4v) is 2.21. The number of piperazine rings is 1. The highest BCUT2D eigenvalue weighted by molar-refractivity contribution is 9.10. The number of amides is 1. The van der Waals surface area contributed by atoms with Crippen molar-refractivity contribution in [2.24, 2.45) is 0 Å². The van der Waals surface area contributed by atoms with E-state index in [9.17, 15) is 4.79 Å². The van der Waals surface area contributed by atoms with Crippen LogP contribution in [-0.4, -0.2) is 41.0 Å². The molecule has 6 heteroatoms. The van der Waals surface area contributed by atoms with Gasteiger partial charge in [-0.1, -0.05) is 0 Å². The molecule has 0 unspecified atom stereocenters. The number of halogens is 2. The molecule has 0 bridgehead atoms. The first-order valence-electron chi connectivity index (χ1n) is 5.64. The molecule has 0 aliphatic carbocycles. The van der Waals surface area contributed by atoms with Crippen LogP contribution in [0.3, 0.4) is 0 Å². The maximum absolute atomic E-state index is 12.2. The van der Waals surface area contributed by atoms with Crippen molar-refractivity contribution in [1.29, 1.82) is 0 Å². The summed E-state index contributed by atoms with van der Waals surface area (Å²) in [5.74, 6) is 0.00655. The van der Waals surface area contributed by atoms with Gasteiger partial charge in [0.2, 0.25) is 0 Å². The lowest BCUT2D eigenvalue weighted by Gasteiger charge is -2.38. The second-order valence-corrected chi connectivity index (χ2v) is 5.81. The second kappa shape index (κ2) is 5.99. The van der Waals surface area contributed by atoms with Gasteiger partial charge in [-0.05, 0) is 41.9 Å². The minimum Gasteiger partial charge on any atom is -0.334 e. The zero-order valence-corrected chi connectivity index (χ0v) is 12.8. The SMILES string of the molecule is CC1(C)CN(C(=O)c2ccc(Br)cn2)CCN1.Cl. The van der Waals surface area contributed by atoms with E-state index in [0.29, 0.717) is 12.2 Å². The number of pyridine rings is 1. The first-order chi connectivity index (χ1) is 7.98. The van der Waals surface area contributed by atoms with E-state index >= 15 is 0 Å². The largest absolute Gasteiger partial charge is 0.334 e. The number of rotatable bonds is 1. The Labute approximate surface area is 122 Å². The monoisotopic (exact) mass is 333 g/mol. The molecule has 2 heterocycles. The van der Waals surface area contributed by atoms with Crippen molar-refractivity contribution in [3.63, 3.8) is 0 Å². The number of carbonyl (C=O) groups is 1. The van der Waals surface area contributed by atoms with Crippen molar-refractivity contribution >= 4 is 34.2 Å². The molecule has 4 nitrogen and oxygen atoms in total. The summed E-state index contributed by atoms with van der Waals surface area (Å²) in [6.45, 7) is 6.47. The van der Waals surface area contributed by atoms with Crippen molar-refractivity contribution in [3.05, 3.63) is 28.5 Å². The summed E-state index contributed by atoms with van der Waals surface area (Å²) in [6, 6.07) is 3.59. The highest BCUT2D eigenvalue weighted by Gasteiger charge is 2.29. The van der Waals surface area contributed by atoms with Gasteiger partial charge in [0.1, 0.15) is 5.69 Å². The van der Waals surface area contributed by atoms with Crippen molar-refractivity contribution in [2.75, 3.05) is 19.6 Å². The van der Waals surface area contributed by atoms with Gasteiger partial charge in [0.05, 0.1) is 0 Å². The topological polar surface area (TPSA) is 45.2 Å². The lowest BCUT2D eigenvalue weighted by molar-refractivity contribution is 0.0646. The molecule has 1 amide bonds. The number of nitrogens with zero attached hydrogens (tertiary/aromatic N) is 2. The van der Waals surface area contributed by atoms with Gasteiger partial charge in [0, 0.05) is 35.8 Å². The van der Waals surface area contributed by atoms with Gasteiger partial charge in [-0.15, -0.1) is 12.4 Å². The van der Waals surface area contributed by atoms with Crippen LogP contribution in [0.4, 0.5) is 0 Å². The summed E-state index contributed by atoms with van der Waals surface area (Å²) in [5.41, 5.74) is 0.481. The molecule has 0 saturated carbocycles. The van der Waals surface area contributed by atoms with E-state index in [1.165, 1.54) is 0 Å². The smallest absolute Gasteiger partial charge is 0.272 e. The van der Waals surface area contributed by atoms with Crippen LogP contribution < -0.4 is 5.32 Å². The van der Waals surface area contributed by atoms with Gasteiger partial charge in [-0.2, -0.15) is 0 Å².